The Balaban J connectivity index is 1.81. The lowest BCUT2D eigenvalue weighted by Crippen LogP contribution is -2.16. The molecular weight excluding hydrogens is 414 g/mol. The zero-order valence-corrected chi connectivity index (χ0v) is 19.0. The van der Waals surface area contributed by atoms with E-state index in [2.05, 4.69) is 36.0 Å². The van der Waals surface area contributed by atoms with Crippen molar-refractivity contribution in [3.05, 3.63) is 95.1 Å². The molecule has 0 radical (unpaired) electrons. The number of carbonyl (C=O) groups is 1. The molecule has 0 unspecified atom stereocenters. The summed E-state index contributed by atoms with van der Waals surface area (Å²) in [6.45, 7) is 3.99. The predicted octanol–water partition coefficient (Wildman–Crippen LogP) is 5.28. The van der Waals surface area contributed by atoms with Gasteiger partial charge in [-0.25, -0.2) is 9.79 Å². The van der Waals surface area contributed by atoms with Crippen LogP contribution in [0.3, 0.4) is 0 Å². The fraction of sp³-hybridized carbons (Fsp3) is 0.185. The van der Waals surface area contributed by atoms with Gasteiger partial charge in [0.1, 0.15) is 0 Å². The maximum Gasteiger partial charge on any atom is 0.337 e. The fourth-order valence-electron chi connectivity index (χ4n) is 3.76. The van der Waals surface area contributed by atoms with Gasteiger partial charge < -0.3 is 19.7 Å². The van der Waals surface area contributed by atoms with Gasteiger partial charge >= 0.3 is 5.97 Å². The van der Waals surface area contributed by atoms with Gasteiger partial charge in [0.25, 0.3) is 0 Å². The Morgan fingerprint density at radius 1 is 1.03 bits per heavy atom. The van der Waals surface area contributed by atoms with Crippen LogP contribution in [0.1, 0.15) is 34.0 Å². The lowest BCUT2D eigenvalue weighted by atomic mass is 10.00. The number of aliphatic imine (C=N–C) groups is 1. The third-order valence-corrected chi connectivity index (χ3v) is 5.65. The maximum absolute atomic E-state index is 11.9. The highest BCUT2D eigenvalue weighted by molar-refractivity contribution is 6.22. The van der Waals surface area contributed by atoms with Crippen molar-refractivity contribution in [2.45, 2.75) is 13.5 Å². The third-order valence-electron chi connectivity index (χ3n) is 5.65. The Labute approximate surface area is 193 Å². The second kappa shape index (κ2) is 9.71. The number of H-pyrrole nitrogens is 1. The van der Waals surface area contributed by atoms with Crippen molar-refractivity contribution in [1.29, 1.82) is 0 Å². The van der Waals surface area contributed by atoms with Crippen LogP contribution in [-0.4, -0.2) is 47.4 Å². The number of nitrogens with zero attached hydrogens (tertiary/aromatic N) is 2. The summed E-state index contributed by atoms with van der Waals surface area (Å²) in [4.78, 5) is 22.1. The van der Waals surface area contributed by atoms with E-state index in [4.69, 9.17) is 9.73 Å². The highest BCUT2D eigenvalue weighted by Crippen LogP contribution is 2.32. The molecule has 0 aliphatic carbocycles. The topological polar surface area (TPSA) is 77.9 Å². The summed E-state index contributed by atoms with van der Waals surface area (Å²) in [5.74, 6) is -0.436. The number of hydrogen-bond donors (Lipinski definition) is 2. The van der Waals surface area contributed by atoms with Crippen molar-refractivity contribution in [3.8, 4) is 5.88 Å². The monoisotopic (exact) mass is 441 g/mol. The quantitative estimate of drug-likeness (QED) is 0.302. The average Bonchev–Trinajstić information content (AvgIpc) is 3.18. The van der Waals surface area contributed by atoms with Gasteiger partial charge in [-0.3, -0.25) is 0 Å². The molecule has 0 bridgehead atoms. The molecule has 0 saturated heterocycles. The number of carbonyl (C=O) groups excluding carboxylic acids is 1. The molecule has 168 valence electrons. The van der Waals surface area contributed by atoms with E-state index in [0.717, 1.165) is 29.7 Å². The molecule has 0 aliphatic heterocycles. The standard InChI is InChI=1S/C27H27N3O3/c1-4-30(2)17-18-10-13-21(14-11-18)28-25(19-8-6-5-7-9-19)24-22-15-12-20(27(32)33-3)16-23(22)29-26(24)31/h5-16,29,31H,4,17H2,1-3H3. The van der Waals surface area contributed by atoms with Gasteiger partial charge in [-0.05, 0) is 43.4 Å². The lowest BCUT2D eigenvalue weighted by Gasteiger charge is -2.13. The normalized spacial score (nSPS) is 11.8. The first kappa shape index (κ1) is 22.3. The lowest BCUT2D eigenvalue weighted by molar-refractivity contribution is 0.0601. The minimum absolute atomic E-state index is 0.00388. The number of rotatable bonds is 7. The number of aromatic amines is 1. The first-order chi connectivity index (χ1) is 16.0. The Kier molecular flexibility index (Phi) is 6.56. The van der Waals surface area contributed by atoms with E-state index < -0.39 is 5.97 Å². The molecule has 33 heavy (non-hydrogen) atoms. The summed E-state index contributed by atoms with van der Waals surface area (Å²) in [5.41, 5.74) is 5.14. The van der Waals surface area contributed by atoms with Crippen molar-refractivity contribution in [2.75, 3.05) is 20.7 Å². The summed E-state index contributed by atoms with van der Waals surface area (Å²) in [6, 6.07) is 23.0. The van der Waals surface area contributed by atoms with Crippen LogP contribution >= 0.6 is 0 Å². The number of methoxy groups -OCH3 is 1. The number of nitrogens with one attached hydrogen (secondary N) is 1. The highest BCUT2D eigenvalue weighted by Gasteiger charge is 2.20. The molecule has 1 heterocycles. The molecule has 1 aromatic heterocycles. The number of hydrogen-bond acceptors (Lipinski definition) is 5. The van der Waals surface area contributed by atoms with E-state index in [0.29, 0.717) is 22.4 Å². The molecule has 6 heteroatoms. The van der Waals surface area contributed by atoms with Crippen molar-refractivity contribution in [1.82, 2.24) is 9.88 Å². The number of esters is 1. The Hall–Kier alpha value is -3.90. The summed E-state index contributed by atoms with van der Waals surface area (Å²) < 4.78 is 4.82. The maximum atomic E-state index is 11.9. The Morgan fingerprint density at radius 3 is 2.42 bits per heavy atom. The highest BCUT2D eigenvalue weighted by atomic mass is 16.5. The van der Waals surface area contributed by atoms with Crippen molar-refractivity contribution < 1.29 is 14.6 Å². The van der Waals surface area contributed by atoms with E-state index in [-0.39, 0.29) is 5.88 Å². The number of benzene rings is 3. The molecule has 2 N–H and O–H groups in total. The van der Waals surface area contributed by atoms with Crippen LogP contribution in [0.4, 0.5) is 5.69 Å². The molecule has 0 fully saturated rings. The molecule has 6 nitrogen and oxygen atoms in total. The minimum atomic E-state index is -0.432. The van der Waals surface area contributed by atoms with E-state index in [1.807, 2.05) is 42.5 Å². The van der Waals surface area contributed by atoms with E-state index in [1.54, 1.807) is 18.2 Å². The Morgan fingerprint density at radius 2 is 1.76 bits per heavy atom. The second-order valence-electron chi connectivity index (χ2n) is 7.92. The number of aromatic hydroxyl groups is 1. The van der Waals surface area contributed by atoms with Gasteiger partial charge in [0.05, 0.1) is 29.6 Å². The zero-order valence-electron chi connectivity index (χ0n) is 19.0. The largest absolute Gasteiger partial charge is 0.494 e. The van der Waals surface area contributed by atoms with E-state index in [9.17, 15) is 9.90 Å². The minimum Gasteiger partial charge on any atom is -0.494 e. The van der Waals surface area contributed by atoms with E-state index in [1.165, 1.54) is 12.7 Å². The van der Waals surface area contributed by atoms with Crippen LogP contribution in [0.15, 0.2) is 77.8 Å². The second-order valence-corrected chi connectivity index (χ2v) is 7.92. The molecular formula is C27H27N3O3. The van der Waals surface area contributed by atoms with Gasteiger partial charge in [0, 0.05) is 23.0 Å². The smallest absolute Gasteiger partial charge is 0.337 e. The number of fused-ring (bicyclic) bond motifs is 1. The van der Waals surface area contributed by atoms with Crippen molar-refractivity contribution in [2.24, 2.45) is 4.99 Å². The predicted molar refractivity (Wildman–Crippen MR) is 131 cm³/mol. The van der Waals surface area contributed by atoms with Crippen LogP contribution in [-0.2, 0) is 11.3 Å². The summed E-state index contributed by atoms with van der Waals surface area (Å²) in [5, 5.41) is 11.6. The SMILES string of the molecule is CCN(C)Cc1ccc(N=C(c2ccccc2)c2c(O)[nH]c3cc(C(=O)OC)ccc23)cc1. The van der Waals surface area contributed by atoms with Crippen LogP contribution in [0.25, 0.3) is 10.9 Å². The molecule has 0 aliphatic rings. The van der Waals surface area contributed by atoms with Crippen LogP contribution < -0.4 is 0 Å². The molecule has 0 amide bonds. The molecule has 0 spiro atoms. The fourth-order valence-corrected chi connectivity index (χ4v) is 3.76. The number of ether oxygens (including phenoxy) is 1. The van der Waals surface area contributed by atoms with Crippen LogP contribution in [0, 0.1) is 0 Å². The van der Waals surface area contributed by atoms with Gasteiger partial charge in [-0.2, -0.15) is 0 Å². The molecule has 0 saturated carbocycles. The Bertz CT molecular complexity index is 1290. The van der Waals surface area contributed by atoms with Crippen molar-refractivity contribution in [3.63, 3.8) is 0 Å². The zero-order chi connectivity index (χ0) is 23.4. The van der Waals surface area contributed by atoms with Gasteiger partial charge in [-0.15, -0.1) is 0 Å². The molecule has 4 rings (SSSR count). The molecule has 4 aromatic rings. The number of aromatic nitrogens is 1. The average molecular weight is 442 g/mol. The van der Waals surface area contributed by atoms with Crippen LogP contribution in [0.5, 0.6) is 5.88 Å². The summed E-state index contributed by atoms with van der Waals surface area (Å²) in [7, 11) is 3.43. The molecule has 0 atom stereocenters. The van der Waals surface area contributed by atoms with E-state index >= 15 is 0 Å². The molecule has 3 aromatic carbocycles. The van der Waals surface area contributed by atoms with Gasteiger partial charge in [-0.1, -0.05) is 55.5 Å². The summed E-state index contributed by atoms with van der Waals surface area (Å²) >= 11 is 0. The summed E-state index contributed by atoms with van der Waals surface area (Å²) in [6.07, 6.45) is 0. The van der Waals surface area contributed by atoms with Crippen LogP contribution in [0.2, 0.25) is 0 Å². The third kappa shape index (κ3) is 4.81. The van der Waals surface area contributed by atoms with Crippen molar-refractivity contribution >= 4 is 28.3 Å². The van der Waals surface area contributed by atoms with Gasteiger partial charge in [0.2, 0.25) is 0 Å². The first-order valence-electron chi connectivity index (χ1n) is 10.8. The first-order valence-corrected chi connectivity index (χ1v) is 10.8. The van der Waals surface area contributed by atoms with Gasteiger partial charge in [0.15, 0.2) is 5.88 Å².